The molecule has 7 heteroatoms. The van der Waals surface area contributed by atoms with Gasteiger partial charge in [-0.05, 0) is 12.1 Å². The molecule has 0 spiro atoms. The summed E-state index contributed by atoms with van der Waals surface area (Å²) < 4.78 is 2.05. The molecule has 0 fully saturated rings. The van der Waals surface area contributed by atoms with Gasteiger partial charge in [-0.25, -0.2) is 15.8 Å². The van der Waals surface area contributed by atoms with Gasteiger partial charge in [-0.2, -0.15) is 5.26 Å². The number of hydrogen-bond acceptors (Lipinski definition) is 6. The molecule has 0 aliphatic rings. The fourth-order valence-corrected chi connectivity index (χ4v) is 2.82. The number of hydrazine groups is 1. The minimum Gasteiger partial charge on any atom is -0.322 e. The fourth-order valence-electron chi connectivity index (χ4n) is 2.11. The van der Waals surface area contributed by atoms with Crippen LogP contribution >= 0.6 is 11.3 Å². The zero-order valence-electron chi connectivity index (χ0n) is 10.6. The Morgan fingerprint density at radius 1 is 1.40 bits per heavy atom. The third-order valence-electron chi connectivity index (χ3n) is 2.96. The van der Waals surface area contributed by atoms with Crippen molar-refractivity contribution in [3.63, 3.8) is 0 Å². The number of thiazole rings is 1. The number of hydrogen-bond donors (Lipinski definition) is 2. The molecule has 0 atom stereocenters. The molecule has 2 heterocycles. The van der Waals surface area contributed by atoms with Gasteiger partial charge in [0.25, 0.3) is 0 Å². The van der Waals surface area contributed by atoms with Crippen LogP contribution < -0.4 is 11.3 Å². The van der Waals surface area contributed by atoms with Crippen molar-refractivity contribution < 1.29 is 0 Å². The topological polar surface area (TPSA) is 92.5 Å². The van der Waals surface area contributed by atoms with Gasteiger partial charge in [-0.3, -0.25) is 5.43 Å². The van der Waals surface area contributed by atoms with E-state index in [0.717, 1.165) is 21.7 Å². The second kappa shape index (κ2) is 5.28. The molecule has 0 aliphatic carbocycles. The highest BCUT2D eigenvalue weighted by molar-refractivity contribution is 7.15. The largest absolute Gasteiger partial charge is 0.322 e. The van der Waals surface area contributed by atoms with Crippen molar-refractivity contribution in [2.45, 2.75) is 13.0 Å². The summed E-state index contributed by atoms with van der Waals surface area (Å²) in [6.07, 6.45) is 2.07. The molecule has 0 amide bonds. The number of benzene rings is 1. The Morgan fingerprint density at radius 2 is 2.25 bits per heavy atom. The van der Waals surface area contributed by atoms with Crippen LogP contribution in [0.25, 0.3) is 11.0 Å². The number of para-hydroxylation sites is 2. The molecule has 0 unspecified atom stereocenters. The highest BCUT2D eigenvalue weighted by atomic mass is 32.1. The average molecular weight is 284 g/mol. The third kappa shape index (κ3) is 2.22. The molecule has 1 aromatic carbocycles. The Kier molecular flexibility index (Phi) is 3.33. The van der Waals surface area contributed by atoms with Gasteiger partial charge in [-0.1, -0.05) is 23.5 Å². The first kappa shape index (κ1) is 12.6. The van der Waals surface area contributed by atoms with Crippen molar-refractivity contribution in [3.05, 3.63) is 41.2 Å². The summed E-state index contributed by atoms with van der Waals surface area (Å²) in [6.45, 7) is 0.636. The van der Waals surface area contributed by atoms with E-state index in [1.54, 1.807) is 6.20 Å². The van der Waals surface area contributed by atoms with Crippen molar-refractivity contribution in [2.75, 3.05) is 5.43 Å². The number of fused-ring (bicyclic) bond motifs is 1. The van der Waals surface area contributed by atoms with E-state index in [-0.39, 0.29) is 6.42 Å². The van der Waals surface area contributed by atoms with Crippen LogP contribution in [-0.2, 0) is 13.0 Å². The summed E-state index contributed by atoms with van der Waals surface area (Å²) in [5, 5.41) is 9.61. The molecule has 0 saturated carbocycles. The molecule has 100 valence electrons. The van der Waals surface area contributed by atoms with E-state index in [0.29, 0.717) is 11.7 Å². The third-order valence-corrected chi connectivity index (χ3v) is 3.88. The predicted octanol–water partition coefficient (Wildman–Crippen LogP) is 1.89. The summed E-state index contributed by atoms with van der Waals surface area (Å²) in [5.41, 5.74) is 4.46. The fraction of sp³-hybridized carbons (Fsp3) is 0.154. The summed E-state index contributed by atoms with van der Waals surface area (Å²) in [4.78, 5) is 9.72. The Hall–Kier alpha value is -2.43. The summed E-state index contributed by atoms with van der Waals surface area (Å²) >= 11 is 1.49. The van der Waals surface area contributed by atoms with Gasteiger partial charge in [0.2, 0.25) is 0 Å². The summed E-state index contributed by atoms with van der Waals surface area (Å²) in [6, 6.07) is 10.0. The zero-order chi connectivity index (χ0) is 13.9. The minimum absolute atomic E-state index is 0.287. The maximum absolute atomic E-state index is 8.94. The molecule has 6 nitrogen and oxygen atoms in total. The van der Waals surface area contributed by atoms with E-state index < -0.39 is 0 Å². The van der Waals surface area contributed by atoms with E-state index in [9.17, 15) is 0 Å². The van der Waals surface area contributed by atoms with Gasteiger partial charge in [0.05, 0.1) is 30.1 Å². The summed E-state index contributed by atoms with van der Waals surface area (Å²) in [5.74, 6) is 6.11. The molecule has 3 N–H and O–H groups in total. The maximum atomic E-state index is 8.94. The number of nitriles is 1. The molecule has 0 saturated heterocycles. The number of nitrogens with one attached hydrogen (secondary N) is 1. The van der Waals surface area contributed by atoms with Crippen LogP contribution in [0.3, 0.4) is 0 Å². The van der Waals surface area contributed by atoms with E-state index in [4.69, 9.17) is 11.1 Å². The standard InChI is InChI=1S/C13H12N6S/c14-6-5-12-17-10-3-1-2-4-11(10)19(12)8-9-7-16-13(18-15)20-9/h1-4,7H,5,8,15H2,(H,16,18). The molecule has 3 rings (SSSR count). The number of anilines is 1. The Bertz CT molecular complexity index is 782. The predicted molar refractivity (Wildman–Crippen MR) is 78.1 cm³/mol. The SMILES string of the molecule is N#CCc1nc2ccccc2n1Cc1cnc(NN)s1. The van der Waals surface area contributed by atoms with Crippen molar-refractivity contribution >= 4 is 27.5 Å². The normalized spacial score (nSPS) is 10.6. The van der Waals surface area contributed by atoms with E-state index >= 15 is 0 Å². The first-order valence-corrected chi connectivity index (χ1v) is 6.86. The van der Waals surface area contributed by atoms with Crippen LogP contribution in [0.1, 0.15) is 10.7 Å². The number of imidazole rings is 1. The number of nitrogens with zero attached hydrogens (tertiary/aromatic N) is 4. The lowest BCUT2D eigenvalue weighted by molar-refractivity contribution is 0.778. The first-order valence-electron chi connectivity index (χ1n) is 6.04. The van der Waals surface area contributed by atoms with Gasteiger partial charge in [0.15, 0.2) is 5.13 Å². The van der Waals surface area contributed by atoms with Crippen LogP contribution in [0, 0.1) is 11.3 Å². The molecular formula is C13H12N6S. The van der Waals surface area contributed by atoms with Gasteiger partial charge in [0, 0.05) is 11.1 Å². The lowest BCUT2D eigenvalue weighted by atomic mass is 10.3. The number of nitrogen functional groups attached to an aromatic ring is 1. The summed E-state index contributed by atoms with van der Waals surface area (Å²) in [7, 11) is 0. The maximum Gasteiger partial charge on any atom is 0.197 e. The first-order chi connectivity index (χ1) is 9.81. The molecule has 0 aliphatic heterocycles. The zero-order valence-corrected chi connectivity index (χ0v) is 11.4. The van der Waals surface area contributed by atoms with Crippen molar-refractivity contribution in [1.29, 1.82) is 5.26 Å². The lowest BCUT2D eigenvalue weighted by Crippen LogP contribution is -2.05. The number of rotatable bonds is 4. The Morgan fingerprint density at radius 3 is 3.00 bits per heavy atom. The highest BCUT2D eigenvalue weighted by Crippen LogP contribution is 2.22. The molecule has 20 heavy (non-hydrogen) atoms. The smallest absolute Gasteiger partial charge is 0.197 e. The monoisotopic (exact) mass is 284 g/mol. The van der Waals surface area contributed by atoms with Gasteiger partial charge < -0.3 is 4.57 Å². The van der Waals surface area contributed by atoms with Crippen LogP contribution in [0.15, 0.2) is 30.5 Å². The molecule has 2 aromatic heterocycles. The molecular weight excluding hydrogens is 272 g/mol. The number of aromatic nitrogens is 3. The second-order valence-electron chi connectivity index (χ2n) is 4.21. The quantitative estimate of drug-likeness (QED) is 0.564. The molecule has 0 radical (unpaired) electrons. The average Bonchev–Trinajstić information content (AvgIpc) is 3.05. The van der Waals surface area contributed by atoms with Crippen LogP contribution in [0.5, 0.6) is 0 Å². The Balaban J connectivity index is 2.04. The van der Waals surface area contributed by atoms with Crippen molar-refractivity contribution in [1.82, 2.24) is 14.5 Å². The van der Waals surface area contributed by atoms with Crippen LogP contribution in [0.2, 0.25) is 0 Å². The van der Waals surface area contributed by atoms with E-state index in [2.05, 4.69) is 21.5 Å². The van der Waals surface area contributed by atoms with Gasteiger partial charge in [0.1, 0.15) is 5.82 Å². The lowest BCUT2D eigenvalue weighted by Gasteiger charge is -2.05. The Labute approximate surface area is 119 Å². The van der Waals surface area contributed by atoms with Crippen LogP contribution in [0.4, 0.5) is 5.13 Å². The molecule has 0 bridgehead atoms. The van der Waals surface area contributed by atoms with Crippen molar-refractivity contribution in [3.8, 4) is 6.07 Å². The second-order valence-corrected chi connectivity index (χ2v) is 5.33. The van der Waals surface area contributed by atoms with Gasteiger partial charge >= 0.3 is 0 Å². The highest BCUT2D eigenvalue weighted by Gasteiger charge is 2.11. The minimum atomic E-state index is 0.287. The van der Waals surface area contributed by atoms with E-state index in [1.165, 1.54) is 11.3 Å². The van der Waals surface area contributed by atoms with Gasteiger partial charge in [-0.15, -0.1) is 0 Å². The molecule has 3 aromatic rings. The van der Waals surface area contributed by atoms with Crippen molar-refractivity contribution in [2.24, 2.45) is 5.84 Å². The van der Waals surface area contributed by atoms with E-state index in [1.807, 2.05) is 28.8 Å². The van der Waals surface area contributed by atoms with Crippen LogP contribution in [-0.4, -0.2) is 14.5 Å². The number of nitrogens with two attached hydrogens (primary N) is 1.